The molecule has 0 heterocycles. The first-order chi connectivity index (χ1) is 7.74. The van der Waals surface area contributed by atoms with E-state index in [-0.39, 0.29) is 18.3 Å². The Labute approximate surface area is 109 Å². The summed E-state index contributed by atoms with van der Waals surface area (Å²) >= 11 is 0. The van der Waals surface area contributed by atoms with E-state index < -0.39 is 0 Å². The molecule has 0 aromatic heterocycles. The third-order valence-corrected chi connectivity index (χ3v) is 2.54. The maximum absolute atomic E-state index is 11.6. The lowest BCUT2D eigenvalue weighted by molar-refractivity contribution is -0.120. The molecule has 0 saturated carbocycles. The second kappa shape index (κ2) is 9.02. The highest BCUT2D eigenvalue weighted by Gasteiger charge is 2.04. The fourth-order valence-corrected chi connectivity index (χ4v) is 1.54. The van der Waals surface area contributed by atoms with Crippen LogP contribution in [-0.2, 0) is 11.2 Å². The molecule has 0 aliphatic heterocycles. The van der Waals surface area contributed by atoms with Crippen LogP contribution in [0.1, 0.15) is 17.5 Å². The largest absolute Gasteiger partial charge is 0.356 e. The molecule has 0 unspecified atom stereocenters. The Hall–Kier alpha value is -1.06. The molecule has 1 aromatic carbocycles. The summed E-state index contributed by atoms with van der Waals surface area (Å²) in [5, 5.41) is 5.96. The van der Waals surface area contributed by atoms with Crippen molar-refractivity contribution in [2.75, 3.05) is 20.1 Å². The highest BCUT2D eigenvalue weighted by atomic mass is 35.5. The molecule has 1 aromatic rings. The lowest BCUT2D eigenvalue weighted by atomic mass is 10.1. The number of halogens is 1. The van der Waals surface area contributed by atoms with Gasteiger partial charge in [-0.05, 0) is 38.1 Å². The van der Waals surface area contributed by atoms with Crippen molar-refractivity contribution < 1.29 is 4.79 Å². The third kappa shape index (κ3) is 6.29. The van der Waals surface area contributed by atoms with Crippen molar-refractivity contribution in [1.29, 1.82) is 0 Å². The number of carbonyl (C=O) groups excluding carboxylic acids is 1. The average Bonchev–Trinajstić information content (AvgIpc) is 2.28. The summed E-state index contributed by atoms with van der Waals surface area (Å²) in [6, 6.07) is 7.99. The average molecular weight is 257 g/mol. The van der Waals surface area contributed by atoms with E-state index in [1.54, 1.807) is 0 Å². The molecule has 17 heavy (non-hydrogen) atoms. The molecule has 96 valence electrons. The summed E-state index contributed by atoms with van der Waals surface area (Å²) in [4.78, 5) is 11.6. The van der Waals surface area contributed by atoms with Crippen molar-refractivity contribution in [3.8, 4) is 0 Å². The van der Waals surface area contributed by atoms with Crippen LogP contribution in [0.3, 0.4) is 0 Å². The Morgan fingerprint density at radius 3 is 2.59 bits per heavy atom. The van der Waals surface area contributed by atoms with Crippen LogP contribution in [0, 0.1) is 6.92 Å². The number of nitrogens with one attached hydrogen (secondary N) is 2. The number of amides is 1. The number of hydrogen-bond acceptors (Lipinski definition) is 2. The Morgan fingerprint density at radius 2 is 1.94 bits per heavy atom. The monoisotopic (exact) mass is 256 g/mol. The van der Waals surface area contributed by atoms with Gasteiger partial charge in [0.1, 0.15) is 0 Å². The van der Waals surface area contributed by atoms with Crippen LogP contribution < -0.4 is 10.6 Å². The van der Waals surface area contributed by atoms with Gasteiger partial charge in [0.05, 0.1) is 6.42 Å². The first-order valence-electron chi connectivity index (χ1n) is 5.70. The molecule has 0 fully saturated rings. The second-order valence-corrected chi connectivity index (χ2v) is 3.91. The van der Waals surface area contributed by atoms with Gasteiger partial charge in [0, 0.05) is 6.54 Å². The first-order valence-corrected chi connectivity index (χ1v) is 5.70. The van der Waals surface area contributed by atoms with Crippen molar-refractivity contribution in [1.82, 2.24) is 10.6 Å². The Kier molecular flexibility index (Phi) is 8.46. The van der Waals surface area contributed by atoms with Gasteiger partial charge >= 0.3 is 0 Å². The van der Waals surface area contributed by atoms with Crippen LogP contribution in [0.15, 0.2) is 24.3 Å². The standard InChI is InChI=1S/C13H20N2O.ClH/c1-11-6-3-4-7-12(11)10-13(16)15-9-5-8-14-2;/h3-4,6-7,14H,5,8-10H2,1-2H3,(H,15,16);1H. The summed E-state index contributed by atoms with van der Waals surface area (Å²) in [6.45, 7) is 3.71. The Morgan fingerprint density at radius 1 is 1.24 bits per heavy atom. The van der Waals surface area contributed by atoms with E-state index in [2.05, 4.69) is 10.6 Å². The van der Waals surface area contributed by atoms with Crippen LogP contribution in [0.5, 0.6) is 0 Å². The fraction of sp³-hybridized carbons (Fsp3) is 0.462. The lowest BCUT2D eigenvalue weighted by Crippen LogP contribution is -2.28. The molecule has 0 bridgehead atoms. The maximum Gasteiger partial charge on any atom is 0.224 e. The molecule has 0 spiro atoms. The SMILES string of the molecule is CNCCCNC(=O)Cc1ccccc1C.Cl. The third-order valence-electron chi connectivity index (χ3n) is 2.54. The van der Waals surface area contributed by atoms with Crippen LogP contribution >= 0.6 is 12.4 Å². The Balaban J connectivity index is 0.00000256. The minimum atomic E-state index is 0. The number of carbonyl (C=O) groups is 1. The molecule has 1 amide bonds. The van der Waals surface area contributed by atoms with Crippen LogP contribution in [0.25, 0.3) is 0 Å². The Bertz CT molecular complexity index is 342. The molecule has 0 atom stereocenters. The summed E-state index contributed by atoms with van der Waals surface area (Å²) < 4.78 is 0. The normalized spacial score (nSPS) is 9.53. The quantitative estimate of drug-likeness (QED) is 0.761. The molecule has 2 N–H and O–H groups in total. The van der Waals surface area contributed by atoms with Gasteiger partial charge < -0.3 is 10.6 Å². The molecule has 0 saturated heterocycles. The summed E-state index contributed by atoms with van der Waals surface area (Å²) in [6.07, 6.45) is 1.45. The molecule has 1 rings (SSSR count). The minimum absolute atomic E-state index is 0. The van der Waals surface area contributed by atoms with E-state index in [4.69, 9.17) is 0 Å². The fourth-order valence-electron chi connectivity index (χ4n) is 1.54. The zero-order chi connectivity index (χ0) is 11.8. The van der Waals surface area contributed by atoms with Gasteiger partial charge in [-0.15, -0.1) is 12.4 Å². The van der Waals surface area contributed by atoms with Crippen molar-refractivity contribution in [2.24, 2.45) is 0 Å². The second-order valence-electron chi connectivity index (χ2n) is 3.91. The number of hydrogen-bond donors (Lipinski definition) is 2. The van der Waals surface area contributed by atoms with Crippen molar-refractivity contribution >= 4 is 18.3 Å². The summed E-state index contributed by atoms with van der Waals surface area (Å²) in [7, 11) is 1.91. The first kappa shape index (κ1) is 15.9. The molecule has 0 aliphatic rings. The summed E-state index contributed by atoms with van der Waals surface area (Å²) in [5.41, 5.74) is 2.28. The molecule has 3 nitrogen and oxygen atoms in total. The van der Waals surface area contributed by atoms with Crippen LogP contribution in [0.2, 0.25) is 0 Å². The molecule has 0 aliphatic carbocycles. The van der Waals surface area contributed by atoms with E-state index in [0.29, 0.717) is 6.42 Å². The van der Waals surface area contributed by atoms with Crippen LogP contribution in [0.4, 0.5) is 0 Å². The van der Waals surface area contributed by atoms with Gasteiger partial charge in [-0.3, -0.25) is 4.79 Å². The smallest absolute Gasteiger partial charge is 0.224 e. The van der Waals surface area contributed by atoms with Crippen LogP contribution in [-0.4, -0.2) is 26.0 Å². The van der Waals surface area contributed by atoms with Crippen molar-refractivity contribution in [3.05, 3.63) is 35.4 Å². The predicted molar refractivity (Wildman–Crippen MR) is 73.7 cm³/mol. The highest BCUT2D eigenvalue weighted by molar-refractivity contribution is 5.85. The molecule has 0 radical (unpaired) electrons. The maximum atomic E-state index is 11.6. The number of rotatable bonds is 6. The van der Waals surface area contributed by atoms with Gasteiger partial charge in [-0.1, -0.05) is 24.3 Å². The number of aryl methyl sites for hydroxylation is 1. The van der Waals surface area contributed by atoms with Gasteiger partial charge in [0.15, 0.2) is 0 Å². The zero-order valence-electron chi connectivity index (χ0n) is 10.5. The highest BCUT2D eigenvalue weighted by Crippen LogP contribution is 2.07. The zero-order valence-corrected chi connectivity index (χ0v) is 11.3. The minimum Gasteiger partial charge on any atom is -0.356 e. The van der Waals surface area contributed by atoms with E-state index >= 15 is 0 Å². The van der Waals surface area contributed by atoms with Crippen molar-refractivity contribution in [3.63, 3.8) is 0 Å². The van der Waals surface area contributed by atoms with E-state index in [0.717, 1.165) is 25.1 Å². The number of benzene rings is 1. The van der Waals surface area contributed by atoms with Gasteiger partial charge in [-0.25, -0.2) is 0 Å². The molecular weight excluding hydrogens is 236 g/mol. The lowest BCUT2D eigenvalue weighted by Gasteiger charge is -2.07. The topological polar surface area (TPSA) is 41.1 Å². The van der Waals surface area contributed by atoms with E-state index in [1.807, 2.05) is 38.2 Å². The van der Waals surface area contributed by atoms with Gasteiger partial charge in [-0.2, -0.15) is 0 Å². The van der Waals surface area contributed by atoms with E-state index in [1.165, 1.54) is 5.56 Å². The summed E-state index contributed by atoms with van der Waals surface area (Å²) in [5.74, 6) is 0.102. The van der Waals surface area contributed by atoms with Crippen molar-refractivity contribution in [2.45, 2.75) is 19.8 Å². The van der Waals surface area contributed by atoms with Gasteiger partial charge in [0.25, 0.3) is 0 Å². The predicted octanol–water partition coefficient (Wildman–Crippen LogP) is 1.69. The molecule has 4 heteroatoms. The molecular formula is C13H21ClN2O. The van der Waals surface area contributed by atoms with E-state index in [9.17, 15) is 4.79 Å². The van der Waals surface area contributed by atoms with Gasteiger partial charge in [0.2, 0.25) is 5.91 Å².